The topological polar surface area (TPSA) is 54.5 Å². The van der Waals surface area contributed by atoms with E-state index in [-0.39, 0.29) is 33.8 Å². The van der Waals surface area contributed by atoms with Crippen LogP contribution in [0.4, 0.5) is 14.5 Å². The minimum absolute atomic E-state index is 0.0192. The van der Waals surface area contributed by atoms with Crippen molar-refractivity contribution >= 4 is 34.8 Å². The number of aromatic nitrogens is 1. The molecule has 2 aliphatic heterocycles. The van der Waals surface area contributed by atoms with Gasteiger partial charge in [-0.15, -0.1) is 0 Å². The van der Waals surface area contributed by atoms with Crippen LogP contribution in [-0.4, -0.2) is 21.9 Å². The van der Waals surface area contributed by atoms with Gasteiger partial charge in [0.15, 0.2) is 11.8 Å². The first-order valence-corrected chi connectivity index (χ1v) is 8.61. The number of nitrogens with two attached hydrogens (primary N) is 1. The van der Waals surface area contributed by atoms with E-state index in [1.54, 1.807) is 0 Å². The lowest BCUT2D eigenvalue weighted by Crippen LogP contribution is -2.46. The molecule has 2 aliphatic rings. The van der Waals surface area contributed by atoms with Crippen LogP contribution in [0.1, 0.15) is 30.0 Å². The zero-order chi connectivity index (χ0) is 17.7. The van der Waals surface area contributed by atoms with Gasteiger partial charge in [0.1, 0.15) is 5.69 Å². The van der Waals surface area contributed by atoms with Gasteiger partial charge in [0.25, 0.3) is 0 Å². The van der Waals surface area contributed by atoms with E-state index in [0.29, 0.717) is 12.0 Å². The SMILES string of the molecule is NC(=Nc1cc(Cl)c(Cl)cc1F)N1[C@@H]2CC[C@H]1c1ccnc(F)c1C2. The standard InChI is InChI=1S/C17H14Cl2F2N4/c18-11-6-13(20)14(7-12(11)19)24-17(22)25-8-1-2-15(25)9-3-4-23-16(21)10(9)5-8/h3-4,6-8,15H,1-2,5H2,(H2,22,24)/t8-,15+/m1/s1. The summed E-state index contributed by atoms with van der Waals surface area (Å²) < 4.78 is 28.1. The van der Waals surface area contributed by atoms with Gasteiger partial charge in [-0.1, -0.05) is 23.2 Å². The molecule has 0 amide bonds. The number of hydrogen-bond donors (Lipinski definition) is 1. The highest BCUT2D eigenvalue weighted by atomic mass is 35.5. The number of rotatable bonds is 1. The molecule has 2 N–H and O–H groups in total. The van der Waals surface area contributed by atoms with E-state index in [2.05, 4.69) is 9.98 Å². The highest BCUT2D eigenvalue weighted by Gasteiger charge is 2.42. The molecule has 1 saturated heterocycles. The molecule has 8 heteroatoms. The molecule has 0 radical (unpaired) electrons. The summed E-state index contributed by atoms with van der Waals surface area (Å²) in [6.07, 6.45) is 3.66. The van der Waals surface area contributed by atoms with Gasteiger partial charge in [0.05, 0.1) is 16.1 Å². The molecule has 4 nitrogen and oxygen atoms in total. The van der Waals surface area contributed by atoms with E-state index in [9.17, 15) is 8.78 Å². The summed E-state index contributed by atoms with van der Waals surface area (Å²) in [5, 5.41) is 0.321. The lowest BCUT2D eigenvalue weighted by atomic mass is 9.95. The number of aliphatic imine (C=N–C) groups is 1. The predicted octanol–water partition coefficient (Wildman–Crippen LogP) is 4.37. The number of fused-ring (bicyclic) bond motifs is 4. The van der Waals surface area contributed by atoms with Gasteiger partial charge in [0, 0.05) is 17.8 Å². The second-order valence-electron chi connectivity index (χ2n) is 6.22. The second kappa shape index (κ2) is 6.11. The summed E-state index contributed by atoms with van der Waals surface area (Å²) in [4.78, 5) is 9.88. The van der Waals surface area contributed by atoms with Gasteiger partial charge >= 0.3 is 0 Å². The van der Waals surface area contributed by atoms with Gasteiger partial charge in [0.2, 0.25) is 5.95 Å². The zero-order valence-corrected chi connectivity index (χ0v) is 14.5. The Morgan fingerprint density at radius 2 is 2.00 bits per heavy atom. The molecule has 1 fully saturated rings. The first-order valence-electron chi connectivity index (χ1n) is 7.86. The predicted molar refractivity (Wildman–Crippen MR) is 93.2 cm³/mol. The molecule has 0 aliphatic carbocycles. The third kappa shape index (κ3) is 2.73. The quantitative estimate of drug-likeness (QED) is 0.344. The van der Waals surface area contributed by atoms with E-state index >= 15 is 0 Å². The first-order chi connectivity index (χ1) is 12.0. The summed E-state index contributed by atoms with van der Waals surface area (Å²) >= 11 is 11.7. The molecule has 0 unspecified atom stereocenters. The van der Waals surface area contributed by atoms with Crippen LogP contribution >= 0.6 is 23.2 Å². The van der Waals surface area contributed by atoms with Crippen molar-refractivity contribution in [2.45, 2.75) is 31.3 Å². The fourth-order valence-corrected chi connectivity index (χ4v) is 4.05. The van der Waals surface area contributed by atoms with E-state index in [4.69, 9.17) is 28.9 Å². The van der Waals surface area contributed by atoms with Crippen molar-refractivity contribution in [3.8, 4) is 0 Å². The van der Waals surface area contributed by atoms with E-state index in [1.165, 1.54) is 12.3 Å². The summed E-state index contributed by atoms with van der Waals surface area (Å²) in [6.45, 7) is 0. The largest absolute Gasteiger partial charge is 0.369 e. The molecular formula is C17H14Cl2F2N4. The van der Waals surface area contributed by atoms with Crippen molar-refractivity contribution in [1.29, 1.82) is 0 Å². The fourth-order valence-electron chi connectivity index (χ4n) is 3.74. The molecule has 2 bridgehead atoms. The Bertz CT molecular complexity index is 887. The molecule has 3 heterocycles. The average Bonchev–Trinajstić information content (AvgIpc) is 2.89. The van der Waals surface area contributed by atoms with Gasteiger partial charge in [-0.3, -0.25) is 0 Å². The van der Waals surface area contributed by atoms with Crippen LogP contribution in [0.3, 0.4) is 0 Å². The molecule has 1 aromatic carbocycles. The Hall–Kier alpha value is -1.92. The summed E-state index contributed by atoms with van der Waals surface area (Å²) in [5.74, 6) is -0.843. The van der Waals surface area contributed by atoms with Gasteiger partial charge in [-0.2, -0.15) is 4.39 Å². The van der Waals surface area contributed by atoms with E-state index < -0.39 is 11.8 Å². The van der Waals surface area contributed by atoms with Crippen molar-refractivity contribution < 1.29 is 8.78 Å². The Labute approximate surface area is 153 Å². The Morgan fingerprint density at radius 3 is 2.80 bits per heavy atom. The maximum Gasteiger partial charge on any atom is 0.216 e. The lowest BCUT2D eigenvalue weighted by molar-refractivity contribution is 0.285. The Balaban J connectivity index is 1.72. The molecule has 25 heavy (non-hydrogen) atoms. The van der Waals surface area contributed by atoms with Crippen molar-refractivity contribution in [2.24, 2.45) is 10.7 Å². The van der Waals surface area contributed by atoms with Crippen LogP contribution in [-0.2, 0) is 6.42 Å². The van der Waals surface area contributed by atoms with Gasteiger partial charge in [-0.25, -0.2) is 14.4 Å². The maximum absolute atomic E-state index is 14.1. The lowest BCUT2D eigenvalue weighted by Gasteiger charge is -2.37. The second-order valence-corrected chi connectivity index (χ2v) is 7.03. The average molecular weight is 383 g/mol. The zero-order valence-electron chi connectivity index (χ0n) is 13.0. The highest BCUT2D eigenvalue weighted by molar-refractivity contribution is 6.42. The van der Waals surface area contributed by atoms with Crippen LogP contribution in [0.25, 0.3) is 0 Å². The molecule has 2 atom stereocenters. The third-order valence-electron chi connectivity index (χ3n) is 4.83. The summed E-state index contributed by atoms with van der Waals surface area (Å²) in [6, 6.07) is 4.20. The minimum atomic E-state index is -0.600. The van der Waals surface area contributed by atoms with Crippen LogP contribution in [0.5, 0.6) is 0 Å². The van der Waals surface area contributed by atoms with Crippen molar-refractivity contribution in [3.63, 3.8) is 0 Å². The summed E-state index contributed by atoms with van der Waals surface area (Å²) in [5.41, 5.74) is 7.71. The minimum Gasteiger partial charge on any atom is -0.369 e. The monoisotopic (exact) mass is 382 g/mol. The Kier molecular flexibility index (Phi) is 4.04. The Morgan fingerprint density at radius 1 is 1.24 bits per heavy atom. The third-order valence-corrected chi connectivity index (χ3v) is 5.55. The highest BCUT2D eigenvalue weighted by Crippen LogP contribution is 2.44. The van der Waals surface area contributed by atoms with Crippen LogP contribution in [0.2, 0.25) is 10.0 Å². The number of benzene rings is 1. The van der Waals surface area contributed by atoms with Crippen LogP contribution in [0.15, 0.2) is 29.4 Å². The molecule has 4 rings (SSSR count). The fraction of sp³-hybridized carbons (Fsp3) is 0.294. The van der Waals surface area contributed by atoms with Gasteiger partial charge in [-0.05, 0) is 43.0 Å². The van der Waals surface area contributed by atoms with Crippen molar-refractivity contribution in [2.75, 3.05) is 0 Å². The normalized spacial score (nSPS) is 22.2. The first kappa shape index (κ1) is 16.5. The number of nitrogens with zero attached hydrogens (tertiary/aromatic N) is 3. The van der Waals surface area contributed by atoms with Crippen LogP contribution in [0, 0.1) is 11.8 Å². The maximum atomic E-state index is 14.1. The molecular weight excluding hydrogens is 369 g/mol. The van der Waals surface area contributed by atoms with Gasteiger partial charge < -0.3 is 10.6 Å². The number of pyridine rings is 1. The number of guanidine groups is 1. The van der Waals surface area contributed by atoms with E-state index in [1.807, 2.05) is 11.0 Å². The van der Waals surface area contributed by atoms with Crippen LogP contribution < -0.4 is 5.73 Å². The molecule has 2 aromatic rings. The molecule has 0 saturated carbocycles. The molecule has 1 aromatic heterocycles. The molecule has 130 valence electrons. The number of hydrogen-bond acceptors (Lipinski definition) is 2. The van der Waals surface area contributed by atoms with E-state index in [0.717, 1.165) is 24.5 Å². The smallest absolute Gasteiger partial charge is 0.216 e. The van der Waals surface area contributed by atoms with Crippen molar-refractivity contribution in [3.05, 3.63) is 57.3 Å². The van der Waals surface area contributed by atoms with Crippen molar-refractivity contribution in [1.82, 2.24) is 9.88 Å². The number of halogens is 4. The molecule has 0 spiro atoms. The summed E-state index contributed by atoms with van der Waals surface area (Å²) in [7, 11) is 0.